The Bertz CT molecular complexity index is 240. The predicted molar refractivity (Wildman–Crippen MR) is 41.5 cm³/mol. The van der Waals surface area contributed by atoms with E-state index in [0.29, 0.717) is 12.3 Å². The van der Waals surface area contributed by atoms with Crippen LogP contribution in [0.5, 0.6) is 0 Å². The van der Waals surface area contributed by atoms with Crippen LogP contribution in [0.2, 0.25) is 0 Å². The Labute approximate surface area is 76.1 Å². The van der Waals surface area contributed by atoms with Crippen molar-refractivity contribution in [2.24, 2.45) is 11.8 Å². The van der Waals surface area contributed by atoms with E-state index >= 15 is 0 Å². The van der Waals surface area contributed by atoms with Gasteiger partial charge in [0.1, 0.15) is 0 Å². The van der Waals surface area contributed by atoms with Gasteiger partial charge in [-0.3, -0.25) is 4.79 Å². The van der Waals surface area contributed by atoms with Gasteiger partial charge in [0.25, 0.3) is 0 Å². The molecule has 0 saturated carbocycles. The second-order valence-corrected chi connectivity index (χ2v) is 3.91. The highest BCUT2D eigenvalue weighted by atomic mass is 16.8. The van der Waals surface area contributed by atoms with Crippen molar-refractivity contribution in [1.82, 2.24) is 0 Å². The second-order valence-electron chi connectivity index (χ2n) is 3.91. The predicted octanol–water partition coefficient (Wildman–Crippen LogP) is 0.658. The molecule has 4 heteroatoms. The molecule has 3 saturated heterocycles. The molecule has 0 bridgehead atoms. The van der Waals surface area contributed by atoms with Crippen molar-refractivity contribution in [2.45, 2.75) is 31.8 Å². The van der Waals surface area contributed by atoms with E-state index in [2.05, 4.69) is 0 Å². The zero-order valence-corrected chi connectivity index (χ0v) is 7.27. The van der Waals surface area contributed by atoms with Gasteiger partial charge in [0.05, 0.1) is 6.42 Å². The molecule has 13 heavy (non-hydrogen) atoms. The fourth-order valence-corrected chi connectivity index (χ4v) is 2.50. The number of carbonyl (C=O) groups excluding carboxylic acids is 1. The van der Waals surface area contributed by atoms with E-state index in [4.69, 9.17) is 14.2 Å². The average molecular weight is 184 g/mol. The molecular formula is C9H12O4. The summed E-state index contributed by atoms with van der Waals surface area (Å²) in [7, 11) is 0. The average Bonchev–Trinajstić information content (AvgIpc) is 2.60. The molecule has 4 atom stereocenters. The maximum Gasteiger partial charge on any atom is 0.308 e. The summed E-state index contributed by atoms with van der Waals surface area (Å²) >= 11 is 0. The van der Waals surface area contributed by atoms with Crippen LogP contribution in [0.25, 0.3) is 0 Å². The Morgan fingerprint density at radius 1 is 1.23 bits per heavy atom. The van der Waals surface area contributed by atoms with Gasteiger partial charge in [-0.15, -0.1) is 0 Å². The van der Waals surface area contributed by atoms with E-state index in [1.807, 2.05) is 0 Å². The highest BCUT2D eigenvalue weighted by molar-refractivity contribution is 5.72. The number of rotatable bonds is 0. The molecule has 0 aromatic heterocycles. The highest BCUT2D eigenvalue weighted by Gasteiger charge is 2.52. The van der Waals surface area contributed by atoms with Gasteiger partial charge in [-0.25, -0.2) is 0 Å². The summed E-state index contributed by atoms with van der Waals surface area (Å²) in [5.74, 6) is 0.502. The molecule has 72 valence electrons. The van der Waals surface area contributed by atoms with Gasteiger partial charge in [-0.05, 0) is 12.8 Å². The SMILES string of the molecule is O=C1C[C@H]2[C@@H](O1)O[C@@H]1OCCC[C@@H]12. The normalized spacial score (nSPS) is 48.5. The Morgan fingerprint density at radius 3 is 3.08 bits per heavy atom. The van der Waals surface area contributed by atoms with E-state index in [9.17, 15) is 4.79 Å². The largest absolute Gasteiger partial charge is 0.435 e. The molecule has 0 radical (unpaired) electrons. The molecule has 3 fully saturated rings. The van der Waals surface area contributed by atoms with Crippen molar-refractivity contribution in [1.29, 1.82) is 0 Å². The van der Waals surface area contributed by atoms with Crippen LogP contribution in [-0.2, 0) is 19.0 Å². The standard InChI is InChI=1S/C9H12O4/c10-7-4-6-5-2-1-3-11-8(5)13-9(6)12-7/h5-6,8-9H,1-4H2/t5-,6-,8+,9+/m1/s1. The van der Waals surface area contributed by atoms with Crippen LogP contribution in [0.15, 0.2) is 0 Å². The molecule has 0 unspecified atom stereocenters. The molecule has 0 aromatic rings. The molecule has 3 aliphatic rings. The molecule has 0 aromatic carbocycles. The second kappa shape index (κ2) is 2.69. The lowest BCUT2D eigenvalue weighted by Crippen LogP contribution is -2.29. The zero-order valence-electron chi connectivity index (χ0n) is 7.27. The fraction of sp³-hybridized carbons (Fsp3) is 0.889. The van der Waals surface area contributed by atoms with Gasteiger partial charge in [0, 0.05) is 18.4 Å². The van der Waals surface area contributed by atoms with Gasteiger partial charge in [-0.1, -0.05) is 0 Å². The van der Waals surface area contributed by atoms with E-state index in [-0.39, 0.29) is 24.5 Å². The van der Waals surface area contributed by atoms with Crippen LogP contribution in [0.4, 0.5) is 0 Å². The Kier molecular flexibility index (Phi) is 1.60. The Balaban J connectivity index is 1.80. The first-order valence-corrected chi connectivity index (χ1v) is 4.81. The van der Waals surface area contributed by atoms with Gasteiger partial charge in [-0.2, -0.15) is 0 Å². The smallest absolute Gasteiger partial charge is 0.308 e. The molecule has 3 heterocycles. The lowest BCUT2D eigenvalue weighted by atomic mass is 9.87. The van der Waals surface area contributed by atoms with Gasteiger partial charge >= 0.3 is 5.97 Å². The van der Waals surface area contributed by atoms with Crippen molar-refractivity contribution in [3.05, 3.63) is 0 Å². The van der Waals surface area contributed by atoms with Crippen LogP contribution in [0, 0.1) is 11.8 Å². The summed E-state index contributed by atoms with van der Waals surface area (Å²) in [5.41, 5.74) is 0. The number of esters is 1. The number of ether oxygens (including phenoxy) is 3. The van der Waals surface area contributed by atoms with Crippen LogP contribution in [-0.4, -0.2) is 25.2 Å². The minimum atomic E-state index is -0.319. The molecule has 3 aliphatic heterocycles. The summed E-state index contributed by atoms with van der Waals surface area (Å²) in [6.45, 7) is 0.772. The van der Waals surface area contributed by atoms with Crippen molar-refractivity contribution >= 4 is 5.97 Å². The van der Waals surface area contributed by atoms with Crippen molar-refractivity contribution in [3.63, 3.8) is 0 Å². The van der Waals surface area contributed by atoms with Crippen LogP contribution in [0.1, 0.15) is 19.3 Å². The first-order chi connectivity index (χ1) is 6.34. The third kappa shape index (κ3) is 1.09. The van der Waals surface area contributed by atoms with Crippen LogP contribution in [0.3, 0.4) is 0 Å². The molecule has 0 N–H and O–H groups in total. The van der Waals surface area contributed by atoms with E-state index in [0.717, 1.165) is 19.4 Å². The number of hydrogen-bond donors (Lipinski definition) is 0. The van der Waals surface area contributed by atoms with Gasteiger partial charge in [0.15, 0.2) is 6.29 Å². The number of fused-ring (bicyclic) bond motifs is 3. The lowest BCUT2D eigenvalue weighted by Gasteiger charge is -2.25. The maximum atomic E-state index is 11.0. The van der Waals surface area contributed by atoms with E-state index in [1.54, 1.807) is 0 Å². The first-order valence-electron chi connectivity index (χ1n) is 4.81. The minimum Gasteiger partial charge on any atom is -0.435 e. The zero-order chi connectivity index (χ0) is 8.84. The maximum absolute atomic E-state index is 11.0. The van der Waals surface area contributed by atoms with Gasteiger partial charge in [0.2, 0.25) is 6.29 Å². The van der Waals surface area contributed by atoms with Gasteiger partial charge < -0.3 is 14.2 Å². The summed E-state index contributed by atoms with van der Waals surface area (Å²) in [5, 5.41) is 0. The summed E-state index contributed by atoms with van der Waals surface area (Å²) in [6.07, 6.45) is 2.25. The monoisotopic (exact) mass is 184 g/mol. The van der Waals surface area contributed by atoms with E-state index in [1.165, 1.54) is 0 Å². The number of hydrogen-bond acceptors (Lipinski definition) is 4. The van der Waals surface area contributed by atoms with Crippen molar-refractivity contribution < 1.29 is 19.0 Å². The third-order valence-electron chi connectivity index (χ3n) is 3.13. The molecule has 3 rings (SSSR count). The summed E-state index contributed by atoms with van der Waals surface area (Å²) < 4.78 is 16.0. The van der Waals surface area contributed by atoms with E-state index < -0.39 is 0 Å². The van der Waals surface area contributed by atoms with Crippen molar-refractivity contribution in [2.75, 3.05) is 6.61 Å². The molecule has 0 spiro atoms. The summed E-state index contributed by atoms with van der Waals surface area (Å²) in [4.78, 5) is 11.0. The topological polar surface area (TPSA) is 44.8 Å². The van der Waals surface area contributed by atoms with Crippen LogP contribution < -0.4 is 0 Å². The Morgan fingerprint density at radius 2 is 2.15 bits per heavy atom. The molecule has 4 nitrogen and oxygen atoms in total. The number of carbonyl (C=O) groups is 1. The van der Waals surface area contributed by atoms with Crippen molar-refractivity contribution in [3.8, 4) is 0 Å². The Hall–Kier alpha value is -0.610. The quantitative estimate of drug-likeness (QED) is 0.519. The first kappa shape index (κ1) is 7.76. The third-order valence-corrected chi connectivity index (χ3v) is 3.13. The molecule has 0 amide bonds. The molecule has 0 aliphatic carbocycles. The minimum absolute atomic E-state index is 0.114. The highest BCUT2D eigenvalue weighted by Crippen LogP contribution is 2.44. The lowest BCUT2D eigenvalue weighted by molar-refractivity contribution is -0.215. The fourth-order valence-electron chi connectivity index (χ4n) is 2.50. The summed E-state index contributed by atoms with van der Waals surface area (Å²) in [6, 6.07) is 0. The molecular weight excluding hydrogens is 172 g/mol. The van der Waals surface area contributed by atoms with Crippen LogP contribution >= 0.6 is 0 Å².